The highest BCUT2D eigenvalue weighted by atomic mass is 35.5. The Kier molecular flexibility index (Phi) is 9.05. The van der Waals surface area contributed by atoms with Crippen LogP contribution in [0.25, 0.3) is 0 Å². The Labute approximate surface area is 181 Å². The van der Waals surface area contributed by atoms with Gasteiger partial charge in [0.2, 0.25) is 0 Å². The van der Waals surface area contributed by atoms with E-state index in [9.17, 15) is 4.79 Å². The molecule has 0 aliphatic carbocycles. The van der Waals surface area contributed by atoms with Crippen molar-refractivity contribution in [3.05, 3.63) is 50.7 Å². The van der Waals surface area contributed by atoms with Crippen molar-refractivity contribution in [2.45, 2.75) is 19.9 Å². The third kappa shape index (κ3) is 6.09. The first-order chi connectivity index (χ1) is 13.0. The number of hydrogen-bond donors (Lipinski definition) is 1. The van der Waals surface area contributed by atoms with E-state index in [2.05, 4.69) is 21.7 Å². The van der Waals surface area contributed by atoms with E-state index in [1.807, 2.05) is 32.0 Å². The summed E-state index contributed by atoms with van der Waals surface area (Å²) in [6, 6.07) is 8.03. The van der Waals surface area contributed by atoms with Gasteiger partial charge in [0.1, 0.15) is 5.75 Å². The van der Waals surface area contributed by atoms with Crippen LogP contribution >= 0.6 is 35.3 Å². The minimum atomic E-state index is -0.130. The lowest BCUT2D eigenvalue weighted by atomic mass is 10.1. The van der Waals surface area contributed by atoms with Gasteiger partial charge in [0.15, 0.2) is 6.61 Å². The molecule has 1 saturated heterocycles. The Morgan fingerprint density at radius 2 is 2.00 bits per heavy atom. The van der Waals surface area contributed by atoms with Crippen LogP contribution in [-0.2, 0) is 9.53 Å². The molecule has 2 heterocycles. The van der Waals surface area contributed by atoms with Crippen molar-refractivity contribution in [2.75, 3.05) is 39.5 Å². The van der Waals surface area contributed by atoms with E-state index in [1.165, 1.54) is 4.88 Å². The van der Waals surface area contributed by atoms with Gasteiger partial charge < -0.3 is 14.8 Å². The highest BCUT2D eigenvalue weighted by Gasteiger charge is 2.24. The van der Waals surface area contributed by atoms with Crippen LogP contribution < -0.4 is 10.1 Å². The molecule has 0 spiro atoms. The minimum Gasteiger partial charge on any atom is -0.484 e. The molecular weight excluding hydrogens is 419 g/mol. The van der Waals surface area contributed by atoms with Crippen LogP contribution in [-0.4, -0.2) is 50.3 Å². The van der Waals surface area contributed by atoms with Crippen molar-refractivity contribution >= 4 is 41.3 Å². The van der Waals surface area contributed by atoms with Crippen LogP contribution in [0.3, 0.4) is 0 Å². The van der Waals surface area contributed by atoms with Crippen molar-refractivity contribution in [1.29, 1.82) is 0 Å². The Morgan fingerprint density at radius 1 is 1.32 bits per heavy atom. The van der Waals surface area contributed by atoms with E-state index in [4.69, 9.17) is 21.1 Å². The summed E-state index contributed by atoms with van der Waals surface area (Å²) in [5.41, 5.74) is 1.88. The number of nitrogens with zero attached hydrogens (tertiary/aromatic N) is 1. The number of thiophene rings is 1. The SMILES string of the molecule is Cc1cc(OCC(=O)NCC(c2cccs2)N2CCOCC2)cc(C)c1Cl.Cl. The molecule has 1 amide bonds. The molecule has 1 fully saturated rings. The van der Waals surface area contributed by atoms with Gasteiger partial charge in [-0.1, -0.05) is 17.7 Å². The molecule has 1 atom stereocenters. The number of nitrogens with one attached hydrogen (secondary N) is 1. The number of halogens is 2. The van der Waals surface area contributed by atoms with Gasteiger partial charge in [0.05, 0.1) is 19.3 Å². The number of carbonyl (C=O) groups excluding carboxylic acids is 1. The number of hydrogen-bond acceptors (Lipinski definition) is 5. The molecule has 1 unspecified atom stereocenters. The maximum absolute atomic E-state index is 12.3. The average Bonchev–Trinajstić information content (AvgIpc) is 3.20. The van der Waals surface area contributed by atoms with E-state index < -0.39 is 0 Å². The van der Waals surface area contributed by atoms with Crippen LogP contribution in [0.1, 0.15) is 22.0 Å². The quantitative estimate of drug-likeness (QED) is 0.700. The lowest BCUT2D eigenvalue weighted by Crippen LogP contribution is -2.44. The summed E-state index contributed by atoms with van der Waals surface area (Å²) >= 11 is 7.89. The molecule has 3 rings (SSSR count). The zero-order valence-electron chi connectivity index (χ0n) is 16.1. The van der Waals surface area contributed by atoms with Crippen LogP contribution in [0.2, 0.25) is 5.02 Å². The first-order valence-corrected chi connectivity index (χ1v) is 10.3. The Bertz CT molecular complexity index is 742. The fourth-order valence-corrected chi connectivity index (χ4v) is 4.15. The first-order valence-electron chi connectivity index (χ1n) is 9.06. The lowest BCUT2D eigenvalue weighted by molar-refractivity contribution is -0.123. The number of carbonyl (C=O) groups is 1. The van der Waals surface area contributed by atoms with Gasteiger partial charge in [-0.25, -0.2) is 0 Å². The molecule has 5 nitrogen and oxygen atoms in total. The zero-order chi connectivity index (χ0) is 19.2. The summed E-state index contributed by atoms with van der Waals surface area (Å²) in [6.45, 7) is 7.60. The fraction of sp³-hybridized carbons (Fsp3) is 0.450. The van der Waals surface area contributed by atoms with Gasteiger partial charge >= 0.3 is 0 Å². The summed E-state index contributed by atoms with van der Waals surface area (Å²) in [7, 11) is 0. The third-order valence-electron chi connectivity index (χ3n) is 4.63. The number of amides is 1. The van der Waals surface area contributed by atoms with E-state index in [-0.39, 0.29) is 31.0 Å². The van der Waals surface area contributed by atoms with Crippen molar-refractivity contribution in [3.63, 3.8) is 0 Å². The summed E-state index contributed by atoms with van der Waals surface area (Å²) in [5, 5.41) is 5.81. The van der Waals surface area contributed by atoms with E-state index in [0.717, 1.165) is 42.5 Å². The molecule has 0 bridgehead atoms. The van der Waals surface area contributed by atoms with Crippen molar-refractivity contribution in [2.24, 2.45) is 0 Å². The lowest BCUT2D eigenvalue weighted by Gasteiger charge is -2.34. The molecule has 0 radical (unpaired) electrons. The molecule has 8 heteroatoms. The second-order valence-corrected chi connectivity index (χ2v) is 8.00. The minimum absolute atomic E-state index is 0. The van der Waals surface area contributed by atoms with Gasteiger partial charge in [0, 0.05) is 29.5 Å². The Balaban J connectivity index is 0.00000280. The van der Waals surface area contributed by atoms with Gasteiger partial charge in [-0.15, -0.1) is 23.7 Å². The molecule has 0 saturated carbocycles. The van der Waals surface area contributed by atoms with E-state index in [0.29, 0.717) is 12.3 Å². The smallest absolute Gasteiger partial charge is 0.258 e. The molecule has 28 heavy (non-hydrogen) atoms. The predicted octanol–water partition coefficient (Wildman–Crippen LogP) is 4.01. The monoisotopic (exact) mass is 444 g/mol. The largest absolute Gasteiger partial charge is 0.484 e. The third-order valence-corrected chi connectivity index (χ3v) is 6.20. The molecule has 1 N–H and O–H groups in total. The summed E-state index contributed by atoms with van der Waals surface area (Å²) in [5.74, 6) is 0.530. The molecule has 154 valence electrons. The maximum atomic E-state index is 12.3. The first kappa shape index (κ1) is 23.0. The number of morpholine rings is 1. The average molecular weight is 445 g/mol. The van der Waals surface area contributed by atoms with Gasteiger partial charge in [-0.05, 0) is 48.6 Å². The molecule has 1 aromatic heterocycles. The van der Waals surface area contributed by atoms with E-state index >= 15 is 0 Å². The second-order valence-electron chi connectivity index (χ2n) is 6.64. The van der Waals surface area contributed by atoms with Crippen molar-refractivity contribution < 1.29 is 14.3 Å². The zero-order valence-corrected chi connectivity index (χ0v) is 18.5. The van der Waals surface area contributed by atoms with Crippen LogP contribution in [0.15, 0.2) is 29.6 Å². The summed E-state index contributed by atoms with van der Waals surface area (Å²) < 4.78 is 11.1. The summed E-state index contributed by atoms with van der Waals surface area (Å²) in [6.07, 6.45) is 0. The number of aryl methyl sites for hydroxylation is 2. The standard InChI is InChI=1S/C20H25ClN2O3S.ClH/c1-14-10-16(11-15(2)20(14)21)26-13-19(24)22-12-17(18-4-3-9-27-18)23-5-7-25-8-6-23;/h3-4,9-11,17H,5-8,12-13H2,1-2H3,(H,22,24);1H. The van der Waals surface area contributed by atoms with Gasteiger partial charge in [-0.3, -0.25) is 9.69 Å². The topological polar surface area (TPSA) is 50.8 Å². The van der Waals surface area contributed by atoms with Gasteiger partial charge in [0.25, 0.3) is 5.91 Å². The molecule has 1 aromatic carbocycles. The van der Waals surface area contributed by atoms with Crippen LogP contribution in [0.5, 0.6) is 5.75 Å². The fourth-order valence-electron chi connectivity index (χ4n) is 3.18. The normalized spacial score (nSPS) is 15.5. The number of rotatable bonds is 7. The Hall–Kier alpha value is -1.31. The number of benzene rings is 1. The van der Waals surface area contributed by atoms with Gasteiger partial charge in [-0.2, -0.15) is 0 Å². The second kappa shape index (κ2) is 11.0. The highest BCUT2D eigenvalue weighted by Crippen LogP contribution is 2.26. The molecular formula is C20H26Cl2N2O3S. The summed E-state index contributed by atoms with van der Waals surface area (Å²) in [4.78, 5) is 15.9. The van der Waals surface area contributed by atoms with E-state index in [1.54, 1.807) is 11.3 Å². The highest BCUT2D eigenvalue weighted by molar-refractivity contribution is 7.10. The van der Waals surface area contributed by atoms with Crippen LogP contribution in [0, 0.1) is 13.8 Å². The molecule has 1 aliphatic heterocycles. The van der Waals surface area contributed by atoms with Crippen LogP contribution in [0.4, 0.5) is 0 Å². The Morgan fingerprint density at radius 3 is 2.61 bits per heavy atom. The number of ether oxygens (including phenoxy) is 2. The predicted molar refractivity (Wildman–Crippen MR) is 116 cm³/mol. The van der Waals surface area contributed by atoms with Crippen molar-refractivity contribution in [3.8, 4) is 5.75 Å². The molecule has 2 aromatic rings. The maximum Gasteiger partial charge on any atom is 0.258 e. The van der Waals surface area contributed by atoms with Crippen molar-refractivity contribution in [1.82, 2.24) is 10.2 Å². The molecule has 1 aliphatic rings.